The van der Waals surface area contributed by atoms with Gasteiger partial charge in [-0.05, 0) is 32.1 Å². The SMILES string of the molecule is CCN(CC)CC(C)Nc1cc(C(F)(F)F)cc(Cl)n1. The third-order valence-electron chi connectivity index (χ3n) is 2.94. The second kappa shape index (κ2) is 7.13. The topological polar surface area (TPSA) is 28.2 Å². The molecule has 0 bridgehead atoms. The lowest BCUT2D eigenvalue weighted by molar-refractivity contribution is -0.137. The molecule has 20 heavy (non-hydrogen) atoms. The minimum Gasteiger partial charge on any atom is -0.366 e. The molecule has 0 radical (unpaired) electrons. The van der Waals surface area contributed by atoms with E-state index in [0.29, 0.717) is 0 Å². The molecule has 0 saturated heterocycles. The first-order valence-corrected chi connectivity index (χ1v) is 6.87. The van der Waals surface area contributed by atoms with Crippen LogP contribution in [0.15, 0.2) is 12.1 Å². The van der Waals surface area contributed by atoms with Gasteiger partial charge in [0.25, 0.3) is 0 Å². The highest BCUT2D eigenvalue weighted by atomic mass is 35.5. The van der Waals surface area contributed by atoms with E-state index in [1.807, 2.05) is 20.8 Å². The highest BCUT2D eigenvalue weighted by Crippen LogP contribution is 2.32. The maximum absolute atomic E-state index is 12.7. The molecule has 0 aliphatic carbocycles. The Morgan fingerprint density at radius 1 is 1.30 bits per heavy atom. The lowest BCUT2D eigenvalue weighted by atomic mass is 10.2. The summed E-state index contributed by atoms with van der Waals surface area (Å²) in [4.78, 5) is 6.06. The van der Waals surface area contributed by atoms with E-state index in [2.05, 4.69) is 15.2 Å². The standard InChI is InChI=1S/C13H19ClF3N3/c1-4-20(5-2)8-9(3)18-12-7-10(13(15,16)17)6-11(14)19-12/h6-7,9H,4-5,8H2,1-3H3,(H,18,19). The largest absolute Gasteiger partial charge is 0.416 e. The van der Waals surface area contributed by atoms with Crippen molar-refractivity contribution < 1.29 is 13.2 Å². The number of alkyl halides is 3. The molecular formula is C13H19ClF3N3. The van der Waals surface area contributed by atoms with Crippen molar-refractivity contribution in [3.05, 3.63) is 22.8 Å². The second-order valence-electron chi connectivity index (χ2n) is 4.59. The predicted molar refractivity (Wildman–Crippen MR) is 75.1 cm³/mol. The Labute approximate surface area is 122 Å². The van der Waals surface area contributed by atoms with Gasteiger partial charge in [0.15, 0.2) is 0 Å². The normalized spacial score (nSPS) is 13.6. The second-order valence-corrected chi connectivity index (χ2v) is 4.98. The summed E-state index contributed by atoms with van der Waals surface area (Å²) in [5.41, 5.74) is -0.796. The van der Waals surface area contributed by atoms with Crippen LogP contribution in [0.5, 0.6) is 0 Å². The number of aromatic nitrogens is 1. The zero-order valence-corrected chi connectivity index (χ0v) is 12.5. The highest BCUT2D eigenvalue weighted by Gasteiger charge is 2.31. The van der Waals surface area contributed by atoms with Crippen molar-refractivity contribution >= 4 is 17.4 Å². The maximum atomic E-state index is 12.7. The smallest absolute Gasteiger partial charge is 0.366 e. The molecular weight excluding hydrogens is 291 g/mol. The van der Waals surface area contributed by atoms with Crippen molar-refractivity contribution in [3.63, 3.8) is 0 Å². The molecule has 1 heterocycles. The van der Waals surface area contributed by atoms with Crippen molar-refractivity contribution in [3.8, 4) is 0 Å². The number of hydrogen-bond donors (Lipinski definition) is 1. The van der Waals surface area contributed by atoms with E-state index in [1.165, 1.54) is 0 Å². The number of rotatable bonds is 6. The molecule has 3 nitrogen and oxygen atoms in total. The molecule has 1 rings (SSSR count). The summed E-state index contributed by atoms with van der Waals surface area (Å²) in [6, 6.07) is 1.77. The van der Waals surface area contributed by atoms with Gasteiger partial charge in [-0.2, -0.15) is 13.2 Å². The van der Waals surface area contributed by atoms with Crippen LogP contribution in [0.2, 0.25) is 5.15 Å². The zero-order valence-electron chi connectivity index (χ0n) is 11.8. The predicted octanol–water partition coefficient (Wildman–Crippen LogP) is 3.90. The summed E-state index contributed by atoms with van der Waals surface area (Å²) >= 11 is 5.64. The third-order valence-corrected chi connectivity index (χ3v) is 3.14. The van der Waals surface area contributed by atoms with Gasteiger partial charge in [0.05, 0.1) is 5.56 Å². The number of hydrogen-bond acceptors (Lipinski definition) is 3. The van der Waals surface area contributed by atoms with E-state index in [-0.39, 0.29) is 17.0 Å². The Morgan fingerprint density at radius 3 is 2.40 bits per heavy atom. The Kier molecular flexibility index (Phi) is 6.07. The summed E-state index contributed by atoms with van der Waals surface area (Å²) in [6.45, 7) is 8.47. The monoisotopic (exact) mass is 309 g/mol. The average Bonchev–Trinajstić information content (AvgIpc) is 2.34. The Bertz CT molecular complexity index is 433. The molecule has 1 aromatic heterocycles. The lowest BCUT2D eigenvalue weighted by Gasteiger charge is -2.24. The molecule has 0 fully saturated rings. The first-order chi connectivity index (χ1) is 9.26. The Morgan fingerprint density at radius 2 is 1.90 bits per heavy atom. The summed E-state index contributed by atoms with van der Waals surface area (Å²) in [5, 5.41) is 2.79. The van der Waals surface area contributed by atoms with Crippen LogP contribution in [0.3, 0.4) is 0 Å². The lowest BCUT2D eigenvalue weighted by Crippen LogP contribution is -2.35. The van der Waals surface area contributed by atoms with Crippen molar-refractivity contribution in [2.75, 3.05) is 25.0 Å². The van der Waals surface area contributed by atoms with Crippen LogP contribution in [0, 0.1) is 0 Å². The number of halogens is 4. The molecule has 0 saturated carbocycles. The summed E-state index contributed by atoms with van der Waals surface area (Å²) < 4.78 is 38.0. The number of nitrogens with zero attached hydrogens (tertiary/aromatic N) is 2. The summed E-state index contributed by atoms with van der Waals surface area (Å²) in [6.07, 6.45) is -4.43. The van der Waals surface area contributed by atoms with Crippen LogP contribution >= 0.6 is 11.6 Å². The highest BCUT2D eigenvalue weighted by molar-refractivity contribution is 6.29. The number of nitrogens with one attached hydrogen (secondary N) is 1. The van der Waals surface area contributed by atoms with Crippen LogP contribution in [-0.2, 0) is 6.18 Å². The van der Waals surface area contributed by atoms with Gasteiger partial charge in [0.2, 0.25) is 0 Å². The molecule has 1 atom stereocenters. The van der Waals surface area contributed by atoms with Crippen LogP contribution < -0.4 is 5.32 Å². The molecule has 0 spiro atoms. The molecule has 0 amide bonds. The third kappa shape index (κ3) is 5.17. The van der Waals surface area contributed by atoms with E-state index in [1.54, 1.807) is 0 Å². The first-order valence-electron chi connectivity index (χ1n) is 6.50. The fourth-order valence-corrected chi connectivity index (χ4v) is 2.11. The van der Waals surface area contributed by atoms with Crippen LogP contribution in [0.25, 0.3) is 0 Å². The minimum atomic E-state index is -4.43. The fourth-order valence-electron chi connectivity index (χ4n) is 1.90. The number of likely N-dealkylation sites (N-methyl/N-ethyl adjacent to an activating group) is 1. The summed E-state index contributed by atoms with van der Waals surface area (Å²) in [5.74, 6) is 0.143. The molecule has 1 unspecified atom stereocenters. The molecule has 7 heteroatoms. The van der Waals surface area contributed by atoms with Crippen LogP contribution in [0.4, 0.5) is 19.0 Å². The number of anilines is 1. The quantitative estimate of drug-likeness (QED) is 0.808. The number of pyridine rings is 1. The summed E-state index contributed by atoms with van der Waals surface area (Å²) in [7, 11) is 0. The van der Waals surface area contributed by atoms with Gasteiger partial charge in [-0.3, -0.25) is 0 Å². The van der Waals surface area contributed by atoms with Gasteiger partial charge in [-0.25, -0.2) is 4.98 Å². The van der Waals surface area contributed by atoms with Gasteiger partial charge in [0, 0.05) is 12.6 Å². The van der Waals surface area contributed by atoms with Crippen LogP contribution in [-0.4, -0.2) is 35.6 Å². The van der Waals surface area contributed by atoms with Crippen molar-refractivity contribution in [1.29, 1.82) is 0 Å². The van der Waals surface area contributed by atoms with Gasteiger partial charge >= 0.3 is 6.18 Å². The van der Waals surface area contributed by atoms with Gasteiger partial charge < -0.3 is 10.2 Å². The maximum Gasteiger partial charge on any atom is 0.416 e. The molecule has 0 aliphatic heterocycles. The van der Waals surface area contributed by atoms with Crippen molar-refractivity contribution in [1.82, 2.24) is 9.88 Å². The van der Waals surface area contributed by atoms with E-state index >= 15 is 0 Å². The van der Waals surface area contributed by atoms with Crippen molar-refractivity contribution in [2.45, 2.75) is 33.0 Å². The van der Waals surface area contributed by atoms with Crippen LogP contribution in [0.1, 0.15) is 26.3 Å². The van der Waals surface area contributed by atoms with Gasteiger partial charge in [-0.1, -0.05) is 25.4 Å². The zero-order chi connectivity index (χ0) is 15.3. The minimum absolute atomic E-state index is 0.0260. The molecule has 1 N–H and O–H groups in total. The van der Waals surface area contributed by atoms with E-state index in [9.17, 15) is 13.2 Å². The van der Waals surface area contributed by atoms with Crippen molar-refractivity contribution in [2.24, 2.45) is 0 Å². The molecule has 0 aliphatic rings. The van der Waals surface area contributed by atoms with Gasteiger partial charge in [0.1, 0.15) is 11.0 Å². The van der Waals surface area contributed by atoms with E-state index in [0.717, 1.165) is 31.8 Å². The fraction of sp³-hybridized carbons (Fsp3) is 0.615. The first kappa shape index (κ1) is 17.0. The van der Waals surface area contributed by atoms with E-state index < -0.39 is 11.7 Å². The van der Waals surface area contributed by atoms with Gasteiger partial charge in [-0.15, -0.1) is 0 Å². The Hall–Kier alpha value is -1.01. The molecule has 0 aromatic carbocycles. The van der Waals surface area contributed by atoms with E-state index in [4.69, 9.17) is 11.6 Å². The Balaban J connectivity index is 2.79. The molecule has 1 aromatic rings. The molecule has 114 valence electrons. The average molecular weight is 310 g/mol.